The molecule has 0 aliphatic heterocycles. The van der Waals surface area contributed by atoms with Crippen molar-refractivity contribution >= 4 is 28.6 Å². The third kappa shape index (κ3) is 20.2. The molecule has 2 nitrogen and oxygen atoms in total. The zero-order valence-electron chi connectivity index (χ0n) is 16.1. The Kier molecular flexibility index (Phi) is 21.4. The number of carbonyl (C=O) groups excluding carboxylic acids is 1. The molecule has 144 valence electrons. The largest absolute Gasteiger partial charge is 0.466 e. The summed E-state index contributed by atoms with van der Waals surface area (Å²) >= 11 is 2.21. The number of carbonyl (C=O) groups is 1. The van der Waals surface area contributed by atoms with Crippen molar-refractivity contribution in [2.24, 2.45) is 0 Å². The van der Waals surface area contributed by atoms with E-state index in [1.54, 1.807) is 0 Å². The quantitative estimate of drug-likeness (QED) is 0.0872. The predicted molar refractivity (Wildman–Crippen MR) is 114 cm³/mol. The molecule has 3 heteroatoms. The fraction of sp³-hybridized carbons (Fsp3) is 0.952. The first kappa shape index (κ1) is 24.2. The van der Waals surface area contributed by atoms with Crippen LogP contribution in [0.1, 0.15) is 116 Å². The van der Waals surface area contributed by atoms with Gasteiger partial charge in [-0.25, -0.2) is 0 Å². The van der Waals surface area contributed by atoms with Crippen molar-refractivity contribution in [3.05, 3.63) is 0 Å². The van der Waals surface area contributed by atoms with Gasteiger partial charge in [0.25, 0.3) is 0 Å². The molecule has 0 radical (unpaired) electrons. The Hall–Kier alpha value is 0.200. The number of rotatable bonds is 19. The van der Waals surface area contributed by atoms with Crippen molar-refractivity contribution in [3.8, 4) is 0 Å². The van der Waals surface area contributed by atoms with E-state index in [1.807, 2.05) is 0 Å². The fourth-order valence-electron chi connectivity index (χ4n) is 2.99. The van der Waals surface area contributed by atoms with Crippen LogP contribution in [0.25, 0.3) is 0 Å². The van der Waals surface area contributed by atoms with Crippen molar-refractivity contribution in [1.29, 1.82) is 0 Å². The molecule has 0 bridgehead atoms. The number of esters is 1. The third-order valence-corrected chi connectivity index (χ3v) is 5.10. The second kappa shape index (κ2) is 21.2. The van der Waals surface area contributed by atoms with Crippen LogP contribution in [0.5, 0.6) is 0 Å². The molecule has 0 heterocycles. The Bertz CT molecular complexity index is 256. The molecule has 0 aliphatic carbocycles. The first-order valence-corrected chi connectivity index (χ1v) is 12.1. The van der Waals surface area contributed by atoms with Gasteiger partial charge in [0, 0.05) is 4.43 Å². The van der Waals surface area contributed by atoms with Crippen LogP contribution in [-0.4, -0.2) is 17.0 Å². The molecule has 0 aromatic carbocycles. The van der Waals surface area contributed by atoms with E-state index in [4.69, 9.17) is 4.74 Å². The maximum absolute atomic E-state index is 11.2. The minimum absolute atomic E-state index is 0.0367. The molecule has 0 fully saturated rings. The second-order valence-electron chi connectivity index (χ2n) is 6.96. The molecular formula is C21H41IO2. The summed E-state index contributed by atoms with van der Waals surface area (Å²) in [6.07, 6.45) is 22.5. The number of halogens is 1. The second-order valence-corrected chi connectivity index (χ2v) is 8.04. The Morgan fingerprint density at radius 2 is 1.04 bits per heavy atom. The van der Waals surface area contributed by atoms with Gasteiger partial charge in [-0.15, -0.1) is 0 Å². The summed E-state index contributed by atoms with van der Waals surface area (Å²) in [6, 6.07) is 0. The average molecular weight is 452 g/mol. The van der Waals surface area contributed by atoms with Gasteiger partial charge in [0.2, 0.25) is 0 Å². The van der Waals surface area contributed by atoms with Gasteiger partial charge in [-0.1, -0.05) is 126 Å². The maximum atomic E-state index is 11.2. The van der Waals surface area contributed by atoms with E-state index < -0.39 is 0 Å². The smallest absolute Gasteiger partial charge is 0.306 e. The number of alkyl halides is 1. The number of hydrogen-bond donors (Lipinski definition) is 0. The van der Waals surface area contributed by atoms with Gasteiger partial charge in [0.15, 0.2) is 0 Å². The van der Waals surface area contributed by atoms with Crippen molar-refractivity contribution in [2.45, 2.75) is 116 Å². The van der Waals surface area contributed by atoms with Crippen LogP contribution in [0.2, 0.25) is 0 Å². The molecule has 0 atom stereocenters. The van der Waals surface area contributed by atoms with Crippen LogP contribution in [0, 0.1) is 0 Å². The first-order chi connectivity index (χ1) is 11.8. The summed E-state index contributed by atoms with van der Waals surface area (Å²) in [5.41, 5.74) is 0. The molecule has 0 amide bonds. The summed E-state index contributed by atoms with van der Waals surface area (Å²) in [5, 5.41) is 0. The summed E-state index contributed by atoms with van der Waals surface area (Å²) < 4.78 is 6.01. The van der Waals surface area contributed by atoms with E-state index in [-0.39, 0.29) is 5.97 Å². The Morgan fingerprint density at radius 3 is 1.42 bits per heavy atom. The zero-order valence-corrected chi connectivity index (χ0v) is 18.3. The van der Waals surface area contributed by atoms with E-state index in [9.17, 15) is 4.79 Å². The minimum atomic E-state index is -0.0367. The Labute approximate surface area is 165 Å². The molecule has 0 aliphatic rings. The molecule has 24 heavy (non-hydrogen) atoms. The van der Waals surface area contributed by atoms with E-state index in [0.717, 1.165) is 10.8 Å². The molecule has 0 aromatic rings. The van der Waals surface area contributed by atoms with Gasteiger partial charge in [-0.3, -0.25) is 4.79 Å². The van der Waals surface area contributed by atoms with E-state index in [2.05, 4.69) is 29.5 Å². The monoisotopic (exact) mass is 452 g/mol. The minimum Gasteiger partial charge on any atom is -0.466 e. The van der Waals surface area contributed by atoms with Gasteiger partial charge < -0.3 is 4.74 Å². The first-order valence-electron chi connectivity index (χ1n) is 10.5. The third-order valence-electron chi connectivity index (χ3n) is 4.56. The van der Waals surface area contributed by atoms with Crippen LogP contribution in [0.3, 0.4) is 0 Å². The van der Waals surface area contributed by atoms with Crippen LogP contribution in [0.4, 0.5) is 0 Å². The van der Waals surface area contributed by atoms with E-state index >= 15 is 0 Å². The highest BCUT2D eigenvalue weighted by Gasteiger charge is 2.00. The standard InChI is InChI=1S/C21H41IO2/c1-2-3-4-5-6-7-8-9-10-11-12-13-14-15-16-17-20-24-21(23)18-19-22/h2-20H2,1H3. The summed E-state index contributed by atoms with van der Waals surface area (Å²) in [4.78, 5) is 11.2. The molecule has 0 saturated carbocycles. The summed E-state index contributed by atoms with van der Waals surface area (Å²) in [6.45, 7) is 2.90. The number of unbranched alkanes of at least 4 members (excludes halogenated alkanes) is 15. The topological polar surface area (TPSA) is 26.3 Å². The normalized spacial score (nSPS) is 10.9. The van der Waals surface area contributed by atoms with Crippen LogP contribution in [-0.2, 0) is 9.53 Å². The SMILES string of the molecule is CCCCCCCCCCCCCCCCCCOC(=O)CCI. The van der Waals surface area contributed by atoms with Crippen LogP contribution >= 0.6 is 22.6 Å². The van der Waals surface area contributed by atoms with Crippen LogP contribution < -0.4 is 0 Å². The van der Waals surface area contributed by atoms with Gasteiger partial charge in [0.1, 0.15) is 0 Å². The highest BCUT2D eigenvalue weighted by molar-refractivity contribution is 14.1. The highest BCUT2D eigenvalue weighted by Crippen LogP contribution is 2.13. The van der Waals surface area contributed by atoms with Crippen molar-refractivity contribution in [2.75, 3.05) is 11.0 Å². The summed E-state index contributed by atoms with van der Waals surface area (Å²) in [7, 11) is 0. The average Bonchev–Trinajstić information content (AvgIpc) is 2.58. The van der Waals surface area contributed by atoms with E-state index in [1.165, 1.54) is 96.3 Å². The van der Waals surface area contributed by atoms with Gasteiger partial charge in [-0.05, 0) is 6.42 Å². The fourth-order valence-corrected chi connectivity index (χ4v) is 3.43. The lowest BCUT2D eigenvalue weighted by Crippen LogP contribution is -2.05. The van der Waals surface area contributed by atoms with Gasteiger partial charge in [-0.2, -0.15) is 0 Å². The summed E-state index contributed by atoms with van der Waals surface area (Å²) in [5.74, 6) is -0.0367. The molecule has 0 unspecified atom stereocenters. The lowest BCUT2D eigenvalue weighted by molar-refractivity contribution is -0.143. The maximum Gasteiger partial charge on any atom is 0.306 e. The lowest BCUT2D eigenvalue weighted by atomic mass is 10.0. The lowest BCUT2D eigenvalue weighted by Gasteiger charge is -2.04. The predicted octanol–water partition coefficient (Wildman–Crippen LogP) is 7.62. The van der Waals surface area contributed by atoms with Crippen molar-refractivity contribution < 1.29 is 9.53 Å². The molecule has 0 saturated heterocycles. The Balaban J connectivity index is 3.01. The van der Waals surface area contributed by atoms with Gasteiger partial charge >= 0.3 is 5.97 Å². The molecule has 0 rings (SSSR count). The molecular weight excluding hydrogens is 411 g/mol. The number of ether oxygens (including phenoxy) is 1. The van der Waals surface area contributed by atoms with Crippen LogP contribution in [0.15, 0.2) is 0 Å². The zero-order chi connectivity index (χ0) is 17.7. The van der Waals surface area contributed by atoms with Crippen molar-refractivity contribution in [3.63, 3.8) is 0 Å². The Morgan fingerprint density at radius 1 is 0.667 bits per heavy atom. The number of hydrogen-bond acceptors (Lipinski definition) is 2. The van der Waals surface area contributed by atoms with Crippen molar-refractivity contribution in [1.82, 2.24) is 0 Å². The molecule has 0 spiro atoms. The van der Waals surface area contributed by atoms with E-state index in [0.29, 0.717) is 13.0 Å². The molecule has 0 aromatic heterocycles. The molecule has 0 N–H and O–H groups in total. The van der Waals surface area contributed by atoms with Gasteiger partial charge in [0.05, 0.1) is 13.0 Å². The highest BCUT2D eigenvalue weighted by atomic mass is 127.